The largest absolute Gasteiger partial charge is 0.493 e. The van der Waals surface area contributed by atoms with Gasteiger partial charge in [0.15, 0.2) is 17.3 Å². The minimum absolute atomic E-state index is 0.0728. The number of carbonyl (C=O) groups is 3. The van der Waals surface area contributed by atoms with Gasteiger partial charge in [-0.25, -0.2) is 4.79 Å². The van der Waals surface area contributed by atoms with E-state index in [4.69, 9.17) is 13.9 Å². The maximum atomic E-state index is 12.7. The highest BCUT2D eigenvalue weighted by Gasteiger charge is 2.34. The summed E-state index contributed by atoms with van der Waals surface area (Å²) in [6.45, 7) is 2.05. The number of nitrogens with zero attached hydrogens (tertiary/aromatic N) is 3. The normalized spacial score (nSPS) is 18.6. The predicted octanol–water partition coefficient (Wildman–Crippen LogP) is 1.57. The van der Waals surface area contributed by atoms with Crippen LogP contribution in [0.3, 0.4) is 0 Å². The Labute approximate surface area is 185 Å². The Morgan fingerprint density at radius 1 is 1.03 bits per heavy atom. The van der Waals surface area contributed by atoms with Crippen LogP contribution in [0.1, 0.15) is 17.0 Å². The number of ether oxygens (including phenoxy) is 2. The van der Waals surface area contributed by atoms with Gasteiger partial charge in [-0.05, 0) is 24.3 Å². The third-order valence-corrected chi connectivity index (χ3v) is 5.72. The van der Waals surface area contributed by atoms with Crippen molar-refractivity contribution >= 4 is 23.5 Å². The summed E-state index contributed by atoms with van der Waals surface area (Å²) in [4.78, 5) is 42.6. The number of carbonyl (C=O) groups excluding carboxylic acids is 3. The Kier molecular flexibility index (Phi) is 6.20. The van der Waals surface area contributed by atoms with Crippen molar-refractivity contribution in [3.63, 3.8) is 0 Å². The van der Waals surface area contributed by atoms with E-state index in [9.17, 15) is 14.4 Å². The lowest BCUT2D eigenvalue weighted by Crippen LogP contribution is -2.54. The number of benzene rings is 1. The third-order valence-electron chi connectivity index (χ3n) is 5.72. The van der Waals surface area contributed by atoms with E-state index < -0.39 is 0 Å². The summed E-state index contributed by atoms with van der Waals surface area (Å²) in [5.74, 6) is 1.16. The zero-order valence-electron chi connectivity index (χ0n) is 18.1. The second-order valence-corrected chi connectivity index (χ2v) is 7.65. The molecule has 3 heterocycles. The van der Waals surface area contributed by atoms with E-state index in [0.717, 1.165) is 0 Å². The lowest BCUT2D eigenvalue weighted by molar-refractivity contribution is -0.117. The third kappa shape index (κ3) is 4.34. The van der Waals surface area contributed by atoms with E-state index >= 15 is 0 Å². The molecule has 2 saturated heterocycles. The lowest BCUT2D eigenvalue weighted by atomic mass is 10.2. The highest BCUT2D eigenvalue weighted by molar-refractivity contribution is 5.97. The van der Waals surface area contributed by atoms with Gasteiger partial charge in [0.25, 0.3) is 5.91 Å². The van der Waals surface area contributed by atoms with Gasteiger partial charge in [0.1, 0.15) is 0 Å². The molecule has 10 heteroatoms. The number of furan rings is 1. The first-order valence-electron chi connectivity index (χ1n) is 10.4. The average molecular weight is 442 g/mol. The molecule has 4 rings (SSSR count). The van der Waals surface area contributed by atoms with Crippen LogP contribution in [-0.4, -0.2) is 80.6 Å². The highest BCUT2D eigenvalue weighted by Crippen LogP contribution is 2.33. The van der Waals surface area contributed by atoms with Gasteiger partial charge in [-0.2, -0.15) is 0 Å². The standard InChI is InChI=1S/C22H26N4O6/c1-30-17-6-5-16(13-19(17)31-2)26-14-15(12-20(26)27)23-22(29)25-9-7-24(8-10-25)21(28)18-4-3-11-32-18/h3-6,11,13,15H,7-10,12,14H2,1-2H3,(H,23,29)/t15-/m0/s1. The number of anilines is 1. The van der Waals surface area contributed by atoms with Gasteiger partial charge < -0.3 is 33.9 Å². The fraction of sp³-hybridized carbons (Fsp3) is 0.409. The summed E-state index contributed by atoms with van der Waals surface area (Å²) < 4.78 is 15.7. The molecular weight excluding hydrogens is 416 g/mol. The summed E-state index contributed by atoms with van der Waals surface area (Å²) in [6.07, 6.45) is 1.68. The van der Waals surface area contributed by atoms with Gasteiger partial charge >= 0.3 is 6.03 Å². The molecule has 0 aliphatic carbocycles. The van der Waals surface area contributed by atoms with Crippen LogP contribution in [-0.2, 0) is 4.79 Å². The zero-order valence-corrected chi connectivity index (χ0v) is 18.1. The van der Waals surface area contributed by atoms with Gasteiger partial charge in [-0.15, -0.1) is 0 Å². The van der Waals surface area contributed by atoms with Gasteiger partial charge in [0.05, 0.1) is 26.5 Å². The molecule has 10 nitrogen and oxygen atoms in total. The first-order chi connectivity index (χ1) is 15.5. The molecule has 0 spiro atoms. The molecule has 1 atom stereocenters. The Balaban J connectivity index is 1.31. The van der Waals surface area contributed by atoms with E-state index in [0.29, 0.717) is 55.7 Å². The minimum Gasteiger partial charge on any atom is -0.493 e. The van der Waals surface area contributed by atoms with Crippen molar-refractivity contribution in [3.05, 3.63) is 42.4 Å². The van der Waals surface area contributed by atoms with Crippen LogP contribution < -0.4 is 19.7 Å². The van der Waals surface area contributed by atoms with Crippen LogP contribution in [0.2, 0.25) is 0 Å². The first-order valence-corrected chi connectivity index (χ1v) is 10.4. The zero-order chi connectivity index (χ0) is 22.7. The van der Waals surface area contributed by atoms with E-state index in [1.807, 2.05) is 0 Å². The molecule has 0 saturated carbocycles. The Hall–Kier alpha value is -3.69. The maximum Gasteiger partial charge on any atom is 0.317 e. The molecule has 0 radical (unpaired) electrons. The number of methoxy groups -OCH3 is 2. The molecule has 2 aliphatic rings. The minimum atomic E-state index is -0.300. The van der Waals surface area contributed by atoms with Crippen LogP contribution >= 0.6 is 0 Å². The van der Waals surface area contributed by atoms with Crippen LogP contribution in [0.4, 0.5) is 10.5 Å². The number of amides is 4. The Morgan fingerprint density at radius 2 is 1.75 bits per heavy atom. The first kappa shape index (κ1) is 21.5. The number of nitrogens with one attached hydrogen (secondary N) is 1. The number of piperazine rings is 1. The highest BCUT2D eigenvalue weighted by atomic mass is 16.5. The van der Waals surface area contributed by atoms with Gasteiger partial charge in [0.2, 0.25) is 5.91 Å². The Bertz CT molecular complexity index is 984. The average Bonchev–Trinajstić information content (AvgIpc) is 3.48. The number of hydrogen-bond donors (Lipinski definition) is 1. The summed E-state index contributed by atoms with van der Waals surface area (Å²) in [6, 6.07) is 8.05. The van der Waals surface area contributed by atoms with Gasteiger partial charge in [-0.3, -0.25) is 9.59 Å². The molecule has 2 fully saturated rings. The smallest absolute Gasteiger partial charge is 0.317 e. The lowest BCUT2D eigenvalue weighted by Gasteiger charge is -2.34. The quantitative estimate of drug-likeness (QED) is 0.754. The van der Waals surface area contributed by atoms with Gasteiger partial charge in [0, 0.05) is 50.9 Å². The summed E-state index contributed by atoms with van der Waals surface area (Å²) >= 11 is 0. The van der Waals surface area contributed by atoms with Crippen molar-refractivity contribution in [2.75, 3.05) is 51.8 Å². The molecule has 2 aromatic rings. The van der Waals surface area contributed by atoms with E-state index in [2.05, 4.69) is 5.32 Å². The van der Waals surface area contributed by atoms with E-state index in [-0.39, 0.29) is 30.3 Å². The molecule has 1 N–H and O–H groups in total. The molecule has 1 aromatic carbocycles. The maximum absolute atomic E-state index is 12.7. The molecule has 2 aliphatic heterocycles. The molecule has 1 aromatic heterocycles. The molecule has 4 amide bonds. The Morgan fingerprint density at radius 3 is 2.41 bits per heavy atom. The van der Waals surface area contributed by atoms with Crippen LogP contribution in [0.15, 0.2) is 41.0 Å². The fourth-order valence-electron chi connectivity index (χ4n) is 3.98. The number of urea groups is 1. The topological polar surface area (TPSA) is 105 Å². The predicted molar refractivity (Wildman–Crippen MR) is 115 cm³/mol. The second-order valence-electron chi connectivity index (χ2n) is 7.65. The summed E-state index contributed by atoms with van der Waals surface area (Å²) in [5, 5.41) is 2.95. The van der Waals surface area contributed by atoms with Crippen molar-refractivity contribution in [1.82, 2.24) is 15.1 Å². The fourth-order valence-corrected chi connectivity index (χ4v) is 3.98. The van der Waals surface area contributed by atoms with Crippen LogP contribution in [0.5, 0.6) is 11.5 Å². The molecular formula is C22H26N4O6. The van der Waals surface area contributed by atoms with E-state index in [1.54, 1.807) is 59.3 Å². The van der Waals surface area contributed by atoms with Crippen LogP contribution in [0, 0.1) is 0 Å². The summed E-state index contributed by atoms with van der Waals surface area (Å²) in [7, 11) is 3.09. The van der Waals surface area contributed by atoms with Crippen molar-refractivity contribution in [3.8, 4) is 11.5 Å². The molecule has 32 heavy (non-hydrogen) atoms. The van der Waals surface area contributed by atoms with Crippen molar-refractivity contribution in [2.45, 2.75) is 12.5 Å². The molecule has 170 valence electrons. The van der Waals surface area contributed by atoms with E-state index in [1.165, 1.54) is 6.26 Å². The van der Waals surface area contributed by atoms with Gasteiger partial charge in [-0.1, -0.05) is 0 Å². The number of hydrogen-bond acceptors (Lipinski definition) is 6. The summed E-state index contributed by atoms with van der Waals surface area (Å²) in [5.41, 5.74) is 0.689. The van der Waals surface area contributed by atoms with Crippen LogP contribution in [0.25, 0.3) is 0 Å². The second kappa shape index (κ2) is 9.21. The molecule has 0 bridgehead atoms. The SMILES string of the molecule is COc1ccc(N2C[C@@H](NC(=O)N3CCN(C(=O)c4ccco4)CC3)CC2=O)cc1OC. The monoisotopic (exact) mass is 442 g/mol. The number of rotatable bonds is 5. The van der Waals surface area contributed by atoms with Crippen molar-refractivity contribution < 1.29 is 28.3 Å². The van der Waals surface area contributed by atoms with Crippen molar-refractivity contribution in [1.29, 1.82) is 0 Å². The van der Waals surface area contributed by atoms with Crippen molar-refractivity contribution in [2.24, 2.45) is 0 Å². The molecule has 0 unspecified atom stereocenters.